The third-order valence-electron chi connectivity index (χ3n) is 4.97. The molecule has 0 saturated heterocycles. The van der Waals surface area contributed by atoms with Crippen molar-refractivity contribution >= 4 is 32.4 Å². The number of methoxy groups -OCH3 is 1. The maximum Gasteiger partial charge on any atom is 0.246 e. The van der Waals surface area contributed by atoms with E-state index in [-0.39, 0.29) is 23.1 Å². The maximum atomic E-state index is 13.2. The predicted molar refractivity (Wildman–Crippen MR) is 119 cm³/mol. The van der Waals surface area contributed by atoms with E-state index in [4.69, 9.17) is 4.74 Å². The Morgan fingerprint density at radius 1 is 1.07 bits per heavy atom. The van der Waals surface area contributed by atoms with E-state index in [0.29, 0.717) is 5.69 Å². The van der Waals surface area contributed by atoms with Crippen LogP contribution in [0.5, 0.6) is 5.75 Å². The van der Waals surface area contributed by atoms with Crippen LogP contribution in [0.4, 0.5) is 5.69 Å². The van der Waals surface area contributed by atoms with Crippen molar-refractivity contribution in [3.05, 3.63) is 66.2 Å². The Morgan fingerprint density at radius 3 is 2.47 bits per heavy atom. The number of benzene rings is 3. The van der Waals surface area contributed by atoms with Gasteiger partial charge in [-0.2, -0.15) is 4.31 Å². The molecular weight excluding hydrogens is 400 g/mol. The molecule has 0 unspecified atom stereocenters. The molecule has 0 radical (unpaired) electrons. The van der Waals surface area contributed by atoms with E-state index in [1.807, 2.05) is 56.3 Å². The highest BCUT2D eigenvalue weighted by molar-refractivity contribution is 7.89. The first-order valence-corrected chi connectivity index (χ1v) is 11.1. The van der Waals surface area contributed by atoms with Crippen molar-refractivity contribution in [2.45, 2.75) is 24.7 Å². The van der Waals surface area contributed by atoms with Crippen LogP contribution >= 0.6 is 0 Å². The van der Waals surface area contributed by atoms with Crippen LogP contribution in [0.1, 0.15) is 25.3 Å². The molecule has 158 valence electrons. The Hall–Kier alpha value is -2.90. The van der Waals surface area contributed by atoms with Gasteiger partial charge in [0.2, 0.25) is 15.9 Å². The molecule has 0 aliphatic carbocycles. The quantitative estimate of drug-likeness (QED) is 0.613. The van der Waals surface area contributed by atoms with E-state index in [2.05, 4.69) is 5.32 Å². The number of hydrogen-bond acceptors (Lipinski definition) is 4. The number of amides is 1. The minimum absolute atomic E-state index is 0.0525. The lowest BCUT2D eigenvalue weighted by Crippen LogP contribution is -2.35. The summed E-state index contributed by atoms with van der Waals surface area (Å²) in [5, 5.41) is 4.71. The summed E-state index contributed by atoms with van der Waals surface area (Å²) in [6.45, 7) is 3.65. The molecule has 1 N–H and O–H groups in total. The first kappa shape index (κ1) is 21.8. The fourth-order valence-electron chi connectivity index (χ4n) is 3.23. The van der Waals surface area contributed by atoms with Gasteiger partial charge in [-0.15, -0.1) is 0 Å². The van der Waals surface area contributed by atoms with Crippen LogP contribution in [0.3, 0.4) is 0 Å². The minimum atomic E-state index is -3.92. The first-order valence-electron chi connectivity index (χ1n) is 9.66. The van der Waals surface area contributed by atoms with Gasteiger partial charge >= 0.3 is 0 Å². The molecule has 0 heterocycles. The molecule has 0 spiro atoms. The Bertz CT molecular complexity index is 1170. The molecule has 7 heteroatoms. The fraction of sp³-hybridized carbons (Fsp3) is 0.261. The molecule has 1 amide bonds. The van der Waals surface area contributed by atoms with Crippen molar-refractivity contribution in [1.82, 2.24) is 4.31 Å². The molecule has 0 bridgehead atoms. The molecular formula is C23H26N2O4S. The topological polar surface area (TPSA) is 75.7 Å². The van der Waals surface area contributed by atoms with Crippen LogP contribution in [0.15, 0.2) is 65.6 Å². The van der Waals surface area contributed by atoms with Crippen LogP contribution < -0.4 is 10.1 Å². The van der Waals surface area contributed by atoms with Gasteiger partial charge in [0, 0.05) is 18.1 Å². The number of carbonyl (C=O) groups is 1. The van der Waals surface area contributed by atoms with Crippen molar-refractivity contribution in [3.8, 4) is 5.75 Å². The molecule has 3 aromatic carbocycles. The van der Waals surface area contributed by atoms with Gasteiger partial charge in [-0.25, -0.2) is 8.42 Å². The van der Waals surface area contributed by atoms with Crippen LogP contribution in [-0.4, -0.2) is 39.3 Å². The smallest absolute Gasteiger partial charge is 0.246 e. The Balaban J connectivity index is 1.83. The molecule has 0 aromatic heterocycles. The number of carbonyl (C=O) groups excluding carboxylic acids is 1. The average Bonchev–Trinajstić information content (AvgIpc) is 2.73. The fourth-order valence-corrected chi connectivity index (χ4v) is 4.55. The highest BCUT2D eigenvalue weighted by atomic mass is 32.2. The van der Waals surface area contributed by atoms with E-state index in [1.54, 1.807) is 18.2 Å². The summed E-state index contributed by atoms with van der Waals surface area (Å²) in [6.07, 6.45) is 0. The normalized spacial score (nSPS) is 11.8. The number of nitrogens with zero attached hydrogens (tertiary/aromatic N) is 1. The SMILES string of the molecule is COc1ccc(C(C)C)cc1S(=O)(=O)N(C)CC(=O)Nc1cccc2ccccc12. The van der Waals surface area contributed by atoms with Gasteiger partial charge in [0.1, 0.15) is 10.6 Å². The summed E-state index contributed by atoms with van der Waals surface area (Å²) in [6, 6.07) is 18.4. The van der Waals surface area contributed by atoms with Gasteiger partial charge in [-0.3, -0.25) is 4.79 Å². The van der Waals surface area contributed by atoms with E-state index < -0.39 is 15.9 Å². The number of nitrogens with one attached hydrogen (secondary N) is 1. The van der Waals surface area contributed by atoms with Crippen LogP contribution in [-0.2, 0) is 14.8 Å². The molecule has 0 atom stereocenters. The number of likely N-dealkylation sites (N-methyl/N-ethyl adjacent to an activating group) is 1. The number of fused-ring (bicyclic) bond motifs is 1. The summed E-state index contributed by atoms with van der Waals surface area (Å²) in [5.74, 6) is -0.0121. The highest BCUT2D eigenvalue weighted by Gasteiger charge is 2.27. The number of sulfonamides is 1. The average molecular weight is 427 g/mol. The summed E-state index contributed by atoms with van der Waals surface area (Å²) < 4.78 is 32.6. The molecule has 0 aliphatic rings. The van der Waals surface area contributed by atoms with Gasteiger partial charge in [0.25, 0.3) is 0 Å². The third-order valence-corrected chi connectivity index (χ3v) is 6.80. The lowest BCUT2D eigenvalue weighted by molar-refractivity contribution is -0.116. The van der Waals surface area contributed by atoms with Gasteiger partial charge in [0.05, 0.1) is 13.7 Å². The predicted octanol–water partition coefficient (Wildman–Crippen LogP) is 4.23. The Morgan fingerprint density at radius 2 is 1.77 bits per heavy atom. The Kier molecular flexibility index (Phi) is 6.43. The molecule has 30 heavy (non-hydrogen) atoms. The molecule has 3 rings (SSSR count). The van der Waals surface area contributed by atoms with Gasteiger partial charge in [-0.05, 0) is 35.1 Å². The minimum Gasteiger partial charge on any atom is -0.495 e. The largest absolute Gasteiger partial charge is 0.495 e. The molecule has 0 saturated carbocycles. The van der Waals surface area contributed by atoms with E-state index in [9.17, 15) is 13.2 Å². The van der Waals surface area contributed by atoms with Gasteiger partial charge in [-0.1, -0.05) is 56.3 Å². The van der Waals surface area contributed by atoms with Crippen LogP contribution in [0, 0.1) is 0 Å². The number of rotatable bonds is 7. The number of ether oxygens (including phenoxy) is 1. The number of anilines is 1. The molecule has 0 aliphatic heterocycles. The molecule has 0 fully saturated rings. The standard InChI is InChI=1S/C23H26N2O4S/c1-16(2)18-12-13-21(29-4)22(14-18)30(27,28)25(3)15-23(26)24-20-11-7-9-17-8-5-6-10-19(17)20/h5-14,16H,15H2,1-4H3,(H,24,26). The second-order valence-corrected chi connectivity index (χ2v) is 9.41. The summed E-state index contributed by atoms with van der Waals surface area (Å²) >= 11 is 0. The summed E-state index contributed by atoms with van der Waals surface area (Å²) in [7, 11) is -1.10. The van der Waals surface area contributed by atoms with E-state index >= 15 is 0 Å². The van der Waals surface area contributed by atoms with Crippen molar-refractivity contribution in [1.29, 1.82) is 0 Å². The lowest BCUT2D eigenvalue weighted by Gasteiger charge is -2.20. The van der Waals surface area contributed by atoms with Crippen LogP contribution in [0.2, 0.25) is 0 Å². The highest BCUT2D eigenvalue weighted by Crippen LogP contribution is 2.30. The van der Waals surface area contributed by atoms with E-state index in [0.717, 1.165) is 20.6 Å². The number of hydrogen-bond donors (Lipinski definition) is 1. The van der Waals surface area contributed by atoms with Crippen molar-refractivity contribution in [2.75, 3.05) is 26.0 Å². The first-order chi connectivity index (χ1) is 14.2. The zero-order chi connectivity index (χ0) is 21.9. The van der Waals surface area contributed by atoms with Crippen molar-refractivity contribution in [2.24, 2.45) is 0 Å². The molecule has 3 aromatic rings. The van der Waals surface area contributed by atoms with Crippen LogP contribution in [0.25, 0.3) is 10.8 Å². The maximum absolute atomic E-state index is 13.2. The Labute approximate surface area is 177 Å². The zero-order valence-corrected chi connectivity index (χ0v) is 18.4. The zero-order valence-electron chi connectivity index (χ0n) is 17.5. The monoisotopic (exact) mass is 426 g/mol. The lowest BCUT2D eigenvalue weighted by atomic mass is 10.0. The second kappa shape index (κ2) is 8.85. The van der Waals surface area contributed by atoms with E-state index in [1.165, 1.54) is 14.2 Å². The molecule has 6 nitrogen and oxygen atoms in total. The summed E-state index contributed by atoms with van der Waals surface area (Å²) in [4.78, 5) is 12.7. The van der Waals surface area contributed by atoms with Gasteiger partial charge < -0.3 is 10.1 Å². The van der Waals surface area contributed by atoms with Gasteiger partial charge in [0.15, 0.2) is 0 Å². The third kappa shape index (κ3) is 4.47. The van der Waals surface area contributed by atoms with Crippen molar-refractivity contribution in [3.63, 3.8) is 0 Å². The van der Waals surface area contributed by atoms with Crippen molar-refractivity contribution < 1.29 is 17.9 Å². The second-order valence-electron chi connectivity index (χ2n) is 7.40. The summed E-state index contributed by atoms with van der Waals surface area (Å²) in [5.41, 5.74) is 1.52.